The van der Waals surface area contributed by atoms with Gasteiger partial charge in [-0.05, 0) is 13.0 Å². The van der Waals surface area contributed by atoms with E-state index in [2.05, 4.69) is 13.1 Å². The van der Waals surface area contributed by atoms with Crippen molar-refractivity contribution in [3.05, 3.63) is 0 Å². The Morgan fingerprint density at radius 2 is 2.17 bits per heavy atom. The van der Waals surface area contributed by atoms with Crippen LogP contribution >= 0.6 is 0 Å². The van der Waals surface area contributed by atoms with E-state index in [4.69, 9.17) is 0 Å². The fourth-order valence-corrected chi connectivity index (χ4v) is 0.354. The predicted octanol–water partition coefficient (Wildman–Crippen LogP) is -1.43. The molecule has 3 heteroatoms. The fourth-order valence-electron chi connectivity index (χ4n) is 0.354. The minimum atomic E-state index is 1.16. The lowest BCUT2D eigenvalue weighted by Gasteiger charge is -1.89. The molecule has 1 N–H and O–H groups in total. The van der Waals surface area contributed by atoms with Crippen LogP contribution in [0.2, 0.25) is 6.32 Å². The van der Waals surface area contributed by atoms with Gasteiger partial charge in [-0.3, -0.25) is 0 Å². The first-order valence-electron chi connectivity index (χ1n) is 2.56. The maximum atomic E-state index is 3.07. The van der Waals surface area contributed by atoms with Crippen LogP contribution in [0.1, 0.15) is 6.42 Å². The van der Waals surface area contributed by atoms with Crippen molar-refractivity contribution in [3.63, 3.8) is 0 Å². The van der Waals surface area contributed by atoms with E-state index in [0.717, 1.165) is 6.54 Å². The monoisotopic (exact) mass is 83.1 g/mol. The molecule has 0 bridgehead atoms. The van der Waals surface area contributed by atoms with Crippen LogP contribution in [0.5, 0.6) is 0 Å². The van der Waals surface area contributed by atoms with Gasteiger partial charge in [-0.2, -0.15) is 0 Å². The number of hydrogen-bond acceptors (Lipinski definition) is 1. The smallest absolute Gasteiger partial charge is 0.181 e. The van der Waals surface area contributed by atoms with Crippen molar-refractivity contribution in [2.24, 2.45) is 0 Å². The Morgan fingerprint density at radius 1 is 1.50 bits per heavy atom. The standard InChI is InChI=1S/C3H11B2N/c4-2-1-3-6-5/h6H,1-5H2. The summed E-state index contributed by atoms with van der Waals surface area (Å²) >= 11 is 0. The van der Waals surface area contributed by atoms with Gasteiger partial charge in [-0.1, -0.05) is 6.32 Å². The Morgan fingerprint density at radius 3 is 2.33 bits per heavy atom. The molecule has 0 spiro atoms. The molecule has 0 heterocycles. The molecule has 0 atom stereocenters. The summed E-state index contributed by atoms with van der Waals surface area (Å²) in [6.07, 6.45) is 2.59. The van der Waals surface area contributed by atoms with E-state index < -0.39 is 0 Å². The lowest BCUT2D eigenvalue weighted by atomic mass is 10.0. The van der Waals surface area contributed by atoms with Crippen molar-refractivity contribution < 1.29 is 0 Å². The second-order valence-electron chi connectivity index (χ2n) is 1.46. The molecule has 0 aromatic heterocycles. The third kappa shape index (κ3) is 4.09. The van der Waals surface area contributed by atoms with E-state index >= 15 is 0 Å². The molecule has 34 valence electrons. The zero-order valence-corrected chi connectivity index (χ0v) is 4.62. The molecule has 0 aliphatic heterocycles. The number of nitrogens with one attached hydrogen (secondary N) is 1. The number of hydrogen-bond donors (Lipinski definition) is 1. The first-order chi connectivity index (χ1) is 2.91. The quantitative estimate of drug-likeness (QED) is 0.325. The minimum absolute atomic E-state index is 1.16. The summed E-state index contributed by atoms with van der Waals surface area (Å²) < 4.78 is 0. The van der Waals surface area contributed by atoms with Crippen molar-refractivity contribution in [2.75, 3.05) is 6.54 Å². The minimum Gasteiger partial charge on any atom is -0.362 e. The molecule has 1 nitrogen and oxygen atoms in total. The van der Waals surface area contributed by atoms with E-state index in [1.807, 2.05) is 7.98 Å². The van der Waals surface area contributed by atoms with Gasteiger partial charge in [0.2, 0.25) is 0 Å². The third-order valence-electron chi connectivity index (χ3n) is 0.780. The van der Waals surface area contributed by atoms with E-state index in [0.29, 0.717) is 0 Å². The normalized spacial score (nSPS) is 8.67. The van der Waals surface area contributed by atoms with Gasteiger partial charge in [0.15, 0.2) is 7.98 Å². The van der Waals surface area contributed by atoms with Gasteiger partial charge in [0.1, 0.15) is 7.85 Å². The third-order valence-corrected chi connectivity index (χ3v) is 0.780. The van der Waals surface area contributed by atoms with Crippen LogP contribution in [-0.2, 0) is 0 Å². The van der Waals surface area contributed by atoms with Crippen molar-refractivity contribution >= 4 is 15.8 Å². The molecule has 0 aromatic carbocycles. The summed E-state index contributed by atoms with van der Waals surface area (Å²) in [6, 6.07) is 0. The largest absolute Gasteiger partial charge is 0.362 e. The molecule has 6 heavy (non-hydrogen) atoms. The molecule has 0 saturated carbocycles. The highest BCUT2D eigenvalue weighted by Gasteiger charge is 1.73. The van der Waals surface area contributed by atoms with E-state index in [1.165, 1.54) is 12.7 Å². The first kappa shape index (κ1) is 6.09. The SMILES string of the molecule is BCCCNB. The highest BCUT2D eigenvalue weighted by atomic mass is 14.7. The predicted molar refractivity (Wildman–Crippen MR) is 34.5 cm³/mol. The molecule has 0 fully saturated rings. The van der Waals surface area contributed by atoms with Crippen LogP contribution in [0, 0.1) is 0 Å². The van der Waals surface area contributed by atoms with Crippen LogP contribution in [-0.4, -0.2) is 22.4 Å². The van der Waals surface area contributed by atoms with Crippen LogP contribution in [0.25, 0.3) is 0 Å². The molecule has 0 aliphatic carbocycles. The lowest BCUT2D eigenvalue weighted by molar-refractivity contribution is 0.867. The molecule has 0 aromatic rings. The summed E-state index contributed by atoms with van der Waals surface area (Å²) in [5.41, 5.74) is 0. The Labute approximate surface area is 41.3 Å². The van der Waals surface area contributed by atoms with E-state index in [-0.39, 0.29) is 0 Å². The van der Waals surface area contributed by atoms with E-state index in [1.54, 1.807) is 0 Å². The molecule has 0 saturated heterocycles. The molecule has 0 radical (unpaired) electrons. The zero-order chi connectivity index (χ0) is 4.83. The second-order valence-corrected chi connectivity index (χ2v) is 1.46. The maximum Gasteiger partial charge on any atom is 0.181 e. The summed E-state index contributed by atoms with van der Waals surface area (Å²) in [5.74, 6) is 0. The first-order valence-corrected chi connectivity index (χ1v) is 2.56. The number of rotatable bonds is 3. The lowest BCUT2D eigenvalue weighted by Crippen LogP contribution is -2.08. The summed E-state index contributed by atoms with van der Waals surface area (Å²) in [5, 5.41) is 3.07. The molecule has 0 rings (SSSR count). The zero-order valence-electron chi connectivity index (χ0n) is 4.62. The van der Waals surface area contributed by atoms with Gasteiger partial charge < -0.3 is 5.23 Å². The molecule has 0 aliphatic rings. The molecular formula is C3H11B2N. The van der Waals surface area contributed by atoms with Gasteiger partial charge in [0.05, 0.1) is 0 Å². The summed E-state index contributed by atoms with van der Waals surface area (Å²) in [7, 11) is 4.17. The molecule has 0 unspecified atom stereocenters. The topological polar surface area (TPSA) is 12.0 Å². The Bertz CT molecular complexity index is 20.8. The van der Waals surface area contributed by atoms with Gasteiger partial charge in [0, 0.05) is 0 Å². The highest BCUT2D eigenvalue weighted by molar-refractivity contribution is 6.08. The van der Waals surface area contributed by atoms with Crippen LogP contribution in [0.15, 0.2) is 0 Å². The fraction of sp³-hybridized carbons (Fsp3) is 1.00. The molecule has 0 amide bonds. The second kappa shape index (κ2) is 5.09. The van der Waals surface area contributed by atoms with Gasteiger partial charge in [0.25, 0.3) is 0 Å². The van der Waals surface area contributed by atoms with Gasteiger partial charge >= 0.3 is 0 Å². The summed E-state index contributed by atoms with van der Waals surface area (Å²) in [4.78, 5) is 0. The van der Waals surface area contributed by atoms with Crippen LogP contribution in [0.4, 0.5) is 0 Å². The molecular weight excluding hydrogens is 71.7 g/mol. The van der Waals surface area contributed by atoms with Crippen molar-refractivity contribution in [1.29, 1.82) is 0 Å². The Hall–Kier alpha value is 0.0899. The summed E-state index contributed by atoms with van der Waals surface area (Å²) in [6.45, 7) is 1.16. The van der Waals surface area contributed by atoms with Gasteiger partial charge in [-0.15, -0.1) is 0 Å². The van der Waals surface area contributed by atoms with Crippen LogP contribution in [0.3, 0.4) is 0 Å². The average molecular weight is 82.8 g/mol. The van der Waals surface area contributed by atoms with Crippen molar-refractivity contribution in [1.82, 2.24) is 5.23 Å². The average Bonchev–Trinajstić information content (AvgIpc) is 1.61. The highest BCUT2D eigenvalue weighted by Crippen LogP contribution is 1.76. The van der Waals surface area contributed by atoms with Crippen LogP contribution < -0.4 is 5.23 Å². The van der Waals surface area contributed by atoms with Crippen molar-refractivity contribution in [3.8, 4) is 0 Å². The Kier molecular flexibility index (Phi) is 5.17. The maximum absolute atomic E-state index is 3.07. The van der Waals surface area contributed by atoms with Crippen molar-refractivity contribution in [2.45, 2.75) is 12.7 Å². The Balaban J connectivity index is 2.34. The van der Waals surface area contributed by atoms with Gasteiger partial charge in [-0.25, -0.2) is 0 Å². The van der Waals surface area contributed by atoms with E-state index in [9.17, 15) is 0 Å².